The minimum absolute atomic E-state index is 0.0200. The van der Waals surface area contributed by atoms with Gasteiger partial charge in [0.1, 0.15) is 5.75 Å². The zero-order chi connectivity index (χ0) is 19.6. The van der Waals surface area contributed by atoms with Gasteiger partial charge in [-0.05, 0) is 36.6 Å². The largest absolute Gasteiger partial charge is 0.434 e. The highest BCUT2D eigenvalue weighted by atomic mass is 19.3. The first-order valence-corrected chi connectivity index (χ1v) is 8.57. The van der Waals surface area contributed by atoms with Crippen molar-refractivity contribution in [2.45, 2.75) is 32.9 Å². The van der Waals surface area contributed by atoms with Gasteiger partial charge in [-0.3, -0.25) is 4.79 Å². The molecule has 2 rings (SSSR count). The van der Waals surface area contributed by atoms with Crippen LogP contribution in [0.3, 0.4) is 0 Å². The molecule has 0 aromatic heterocycles. The first-order valence-electron chi connectivity index (χ1n) is 8.57. The Morgan fingerprint density at radius 2 is 1.89 bits per heavy atom. The van der Waals surface area contributed by atoms with Gasteiger partial charge in [0.15, 0.2) is 6.61 Å². The zero-order valence-electron chi connectivity index (χ0n) is 15.2. The molecule has 2 aromatic carbocycles. The first-order chi connectivity index (χ1) is 13.0. The molecule has 27 heavy (non-hydrogen) atoms. The summed E-state index contributed by atoms with van der Waals surface area (Å²) in [6.45, 7) is 0.737. The molecule has 0 aliphatic heterocycles. The van der Waals surface area contributed by atoms with E-state index in [1.54, 1.807) is 18.2 Å². The van der Waals surface area contributed by atoms with Crippen LogP contribution in [-0.4, -0.2) is 25.3 Å². The second-order valence-electron chi connectivity index (χ2n) is 5.81. The van der Waals surface area contributed by atoms with Crippen molar-refractivity contribution in [3.05, 3.63) is 65.2 Å². The number of carbonyl (C=O) groups excluding carboxylic acids is 1. The zero-order valence-corrected chi connectivity index (χ0v) is 15.2. The molecule has 0 heterocycles. The van der Waals surface area contributed by atoms with Crippen molar-refractivity contribution in [1.29, 1.82) is 0 Å². The molecule has 0 fully saturated rings. The van der Waals surface area contributed by atoms with Crippen LogP contribution < -0.4 is 10.1 Å². The summed E-state index contributed by atoms with van der Waals surface area (Å²) in [6, 6.07) is 14.0. The third-order valence-corrected chi connectivity index (χ3v) is 3.86. The molecule has 5 nitrogen and oxygen atoms in total. The van der Waals surface area contributed by atoms with Gasteiger partial charge in [-0.1, -0.05) is 48.5 Å². The molecular formula is C20H22F2N2O3. The minimum Gasteiger partial charge on any atom is -0.434 e. The summed E-state index contributed by atoms with van der Waals surface area (Å²) >= 11 is 0. The van der Waals surface area contributed by atoms with E-state index in [1.807, 2.05) is 31.2 Å². The van der Waals surface area contributed by atoms with E-state index in [1.165, 1.54) is 17.8 Å². The van der Waals surface area contributed by atoms with E-state index in [0.29, 0.717) is 5.56 Å². The fourth-order valence-electron chi connectivity index (χ4n) is 2.39. The molecule has 1 N–H and O–H groups in total. The molecule has 0 aliphatic carbocycles. The van der Waals surface area contributed by atoms with Crippen molar-refractivity contribution in [1.82, 2.24) is 5.32 Å². The summed E-state index contributed by atoms with van der Waals surface area (Å²) in [7, 11) is 0. The number of benzene rings is 2. The number of oxime groups is 1. The molecule has 0 aliphatic rings. The number of halogens is 2. The van der Waals surface area contributed by atoms with Gasteiger partial charge < -0.3 is 14.9 Å². The predicted octanol–water partition coefficient (Wildman–Crippen LogP) is 4.08. The fraction of sp³-hybridized carbons (Fsp3) is 0.300. The second kappa shape index (κ2) is 10.3. The lowest BCUT2D eigenvalue weighted by molar-refractivity contribution is -0.126. The van der Waals surface area contributed by atoms with E-state index >= 15 is 0 Å². The monoisotopic (exact) mass is 376 g/mol. The summed E-state index contributed by atoms with van der Waals surface area (Å²) in [5, 5.41) is 6.45. The van der Waals surface area contributed by atoms with Crippen LogP contribution >= 0.6 is 0 Å². The van der Waals surface area contributed by atoms with Gasteiger partial charge in [0.25, 0.3) is 5.91 Å². The highest BCUT2D eigenvalue weighted by Crippen LogP contribution is 2.18. The number of hydrogen-bond donors (Lipinski definition) is 1. The Morgan fingerprint density at radius 1 is 1.19 bits per heavy atom. The predicted molar refractivity (Wildman–Crippen MR) is 99.0 cm³/mol. The van der Waals surface area contributed by atoms with Crippen molar-refractivity contribution in [3.8, 4) is 5.75 Å². The van der Waals surface area contributed by atoms with Crippen molar-refractivity contribution < 1.29 is 23.1 Å². The molecule has 0 saturated carbocycles. The summed E-state index contributed by atoms with van der Waals surface area (Å²) < 4.78 is 29.1. The second-order valence-corrected chi connectivity index (χ2v) is 5.81. The normalized spacial score (nSPS) is 12.2. The molecule has 0 saturated heterocycles. The van der Waals surface area contributed by atoms with E-state index in [-0.39, 0.29) is 24.3 Å². The van der Waals surface area contributed by atoms with Gasteiger partial charge in [-0.15, -0.1) is 0 Å². The smallest absolute Gasteiger partial charge is 0.387 e. The topological polar surface area (TPSA) is 59.9 Å². The van der Waals surface area contributed by atoms with Crippen molar-refractivity contribution in [2.24, 2.45) is 5.16 Å². The third kappa shape index (κ3) is 6.69. The Morgan fingerprint density at radius 3 is 2.56 bits per heavy atom. The van der Waals surface area contributed by atoms with Crippen LogP contribution in [0.5, 0.6) is 5.75 Å². The fourth-order valence-corrected chi connectivity index (χ4v) is 2.39. The number of alkyl halides is 2. The highest BCUT2D eigenvalue weighted by molar-refractivity contribution is 5.83. The van der Waals surface area contributed by atoms with Crippen molar-refractivity contribution in [3.63, 3.8) is 0 Å². The highest BCUT2D eigenvalue weighted by Gasteiger charge is 2.10. The molecule has 2 aromatic rings. The van der Waals surface area contributed by atoms with E-state index < -0.39 is 6.61 Å². The Bertz CT molecular complexity index is 764. The van der Waals surface area contributed by atoms with Crippen LogP contribution in [0.1, 0.15) is 36.6 Å². The lowest BCUT2D eigenvalue weighted by Crippen LogP contribution is -2.29. The summed E-state index contributed by atoms with van der Waals surface area (Å²) in [5.74, 6) is -0.357. The summed E-state index contributed by atoms with van der Waals surface area (Å²) in [6.07, 6.45) is 2.18. The number of amides is 1. The van der Waals surface area contributed by atoms with Crippen LogP contribution in [-0.2, 0) is 16.1 Å². The van der Waals surface area contributed by atoms with Gasteiger partial charge in [-0.25, -0.2) is 0 Å². The van der Waals surface area contributed by atoms with Crippen molar-refractivity contribution >= 4 is 12.1 Å². The van der Waals surface area contributed by atoms with E-state index in [0.717, 1.165) is 12.0 Å². The number of para-hydroxylation sites is 1. The van der Waals surface area contributed by atoms with Crippen LogP contribution in [0.15, 0.2) is 53.7 Å². The SMILES string of the molecule is CCc1ccc([C@@H](C)NC(=O)CO/N=C\c2ccccc2OC(F)F)cc1. The average Bonchev–Trinajstić information content (AvgIpc) is 2.66. The van der Waals surface area contributed by atoms with Crippen LogP contribution in [0.2, 0.25) is 0 Å². The van der Waals surface area contributed by atoms with Crippen LogP contribution in [0, 0.1) is 0 Å². The molecule has 0 bridgehead atoms. The van der Waals surface area contributed by atoms with Gasteiger partial charge in [0, 0.05) is 5.56 Å². The third-order valence-electron chi connectivity index (χ3n) is 3.86. The molecule has 0 radical (unpaired) electrons. The first kappa shape index (κ1) is 20.4. The standard InChI is InChI=1S/C20H22F2N2O3/c1-3-15-8-10-16(11-9-15)14(2)24-19(25)13-26-23-12-17-6-4-5-7-18(17)27-20(21)22/h4-12,14,20H,3,13H2,1-2H3,(H,24,25)/b23-12-/t14-/m1/s1. The molecule has 0 unspecified atom stereocenters. The molecule has 0 spiro atoms. The average molecular weight is 376 g/mol. The number of rotatable bonds is 9. The Balaban J connectivity index is 1.82. The lowest BCUT2D eigenvalue weighted by atomic mass is 10.1. The number of carbonyl (C=O) groups is 1. The van der Waals surface area contributed by atoms with E-state index in [9.17, 15) is 13.6 Å². The van der Waals surface area contributed by atoms with E-state index in [4.69, 9.17) is 4.84 Å². The molecular weight excluding hydrogens is 354 g/mol. The lowest BCUT2D eigenvalue weighted by Gasteiger charge is -2.14. The number of aryl methyl sites for hydroxylation is 1. The summed E-state index contributed by atoms with van der Waals surface area (Å²) in [4.78, 5) is 16.9. The van der Waals surface area contributed by atoms with Gasteiger partial charge in [0.05, 0.1) is 12.3 Å². The van der Waals surface area contributed by atoms with Gasteiger partial charge in [-0.2, -0.15) is 8.78 Å². The van der Waals surface area contributed by atoms with Crippen molar-refractivity contribution in [2.75, 3.05) is 6.61 Å². The molecule has 1 amide bonds. The molecule has 1 atom stereocenters. The number of hydrogen-bond acceptors (Lipinski definition) is 4. The van der Waals surface area contributed by atoms with Gasteiger partial charge in [0.2, 0.25) is 0 Å². The number of nitrogens with zero attached hydrogens (tertiary/aromatic N) is 1. The maximum Gasteiger partial charge on any atom is 0.387 e. The minimum atomic E-state index is -2.93. The number of ether oxygens (including phenoxy) is 1. The Kier molecular flexibility index (Phi) is 7.73. The molecule has 7 heteroatoms. The Labute approximate surface area is 157 Å². The maximum atomic E-state index is 12.3. The van der Waals surface area contributed by atoms with Crippen LogP contribution in [0.25, 0.3) is 0 Å². The molecule has 144 valence electrons. The number of nitrogens with one attached hydrogen (secondary N) is 1. The van der Waals surface area contributed by atoms with E-state index in [2.05, 4.69) is 22.1 Å². The quantitative estimate of drug-likeness (QED) is 0.530. The van der Waals surface area contributed by atoms with Crippen LogP contribution in [0.4, 0.5) is 8.78 Å². The summed E-state index contributed by atoms with van der Waals surface area (Å²) in [5.41, 5.74) is 2.54. The maximum absolute atomic E-state index is 12.3. The van der Waals surface area contributed by atoms with Gasteiger partial charge >= 0.3 is 6.61 Å². The Hall–Kier alpha value is -2.96.